The van der Waals surface area contributed by atoms with E-state index in [9.17, 15) is 9.59 Å². The maximum Gasteiger partial charge on any atom is 0.407 e. The lowest BCUT2D eigenvalue weighted by Gasteiger charge is -2.26. The third-order valence-electron chi connectivity index (χ3n) is 5.68. The van der Waals surface area contributed by atoms with E-state index in [1.54, 1.807) is 0 Å². The summed E-state index contributed by atoms with van der Waals surface area (Å²) in [4.78, 5) is 30.0. The van der Waals surface area contributed by atoms with Crippen LogP contribution in [0.4, 0.5) is 4.79 Å². The molecule has 0 saturated heterocycles. The standard InChI is InChI=1S/C23H28N2O4/c1-5-15(2)21(22(26)25(3)28-4)24-23(27)29-14-20-18-12-8-6-10-16(18)17-11-7-9-13-19(17)20/h6-13,15,20-21H,5,14H2,1-4H3,(H,24,27)/t15-,21-/m0/s1. The van der Waals surface area contributed by atoms with Crippen LogP contribution >= 0.6 is 0 Å². The van der Waals surface area contributed by atoms with Gasteiger partial charge >= 0.3 is 6.09 Å². The molecule has 3 rings (SSSR count). The number of benzene rings is 2. The van der Waals surface area contributed by atoms with Crippen LogP contribution in [0.1, 0.15) is 37.3 Å². The van der Waals surface area contributed by atoms with Crippen molar-refractivity contribution < 1.29 is 19.2 Å². The highest BCUT2D eigenvalue weighted by Gasteiger charge is 2.31. The summed E-state index contributed by atoms with van der Waals surface area (Å²) in [6.45, 7) is 4.09. The number of hydrogen-bond donors (Lipinski definition) is 1. The van der Waals surface area contributed by atoms with E-state index in [0.717, 1.165) is 22.6 Å². The van der Waals surface area contributed by atoms with E-state index in [-0.39, 0.29) is 24.3 Å². The molecular formula is C23H28N2O4. The molecule has 0 radical (unpaired) electrons. The molecule has 154 valence electrons. The second kappa shape index (κ2) is 9.09. The number of carbonyl (C=O) groups excluding carboxylic acids is 2. The number of nitrogens with one attached hydrogen (secondary N) is 1. The summed E-state index contributed by atoms with van der Waals surface area (Å²) >= 11 is 0. The molecule has 1 aliphatic carbocycles. The molecule has 2 aromatic carbocycles. The minimum atomic E-state index is -0.708. The van der Waals surface area contributed by atoms with Gasteiger partial charge in [-0.1, -0.05) is 68.8 Å². The number of alkyl carbamates (subject to hydrolysis) is 1. The fourth-order valence-corrected chi connectivity index (χ4v) is 3.74. The van der Waals surface area contributed by atoms with Crippen molar-refractivity contribution in [1.29, 1.82) is 0 Å². The molecule has 29 heavy (non-hydrogen) atoms. The molecule has 0 unspecified atom stereocenters. The highest BCUT2D eigenvalue weighted by Crippen LogP contribution is 2.44. The van der Waals surface area contributed by atoms with Crippen LogP contribution in [0.5, 0.6) is 0 Å². The molecule has 1 N–H and O–H groups in total. The first-order chi connectivity index (χ1) is 14.0. The number of fused-ring (bicyclic) bond motifs is 3. The van der Waals surface area contributed by atoms with E-state index in [4.69, 9.17) is 9.57 Å². The smallest absolute Gasteiger partial charge is 0.407 e. The van der Waals surface area contributed by atoms with Crippen LogP contribution in [0.2, 0.25) is 0 Å². The Kier molecular flexibility index (Phi) is 6.54. The molecule has 0 fully saturated rings. The van der Waals surface area contributed by atoms with Gasteiger partial charge in [0, 0.05) is 13.0 Å². The molecule has 2 amide bonds. The number of amides is 2. The first kappa shape index (κ1) is 20.9. The lowest BCUT2D eigenvalue weighted by Crippen LogP contribution is -2.50. The topological polar surface area (TPSA) is 67.9 Å². The second-order valence-corrected chi connectivity index (χ2v) is 7.35. The average molecular weight is 396 g/mol. The Morgan fingerprint density at radius 1 is 1.07 bits per heavy atom. The number of hydroxylamine groups is 2. The van der Waals surface area contributed by atoms with E-state index in [1.807, 2.05) is 38.1 Å². The number of carbonyl (C=O) groups is 2. The lowest BCUT2D eigenvalue weighted by molar-refractivity contribution is -0.172. The molecule has 0 heterocycles. The minimum Gasteiger partial charge on any atom is -0.449 e. The van der Waals surface area contributed by atoms with Gasteiger partial charge in [0.05, 0.1) is 7.11 Å². The SMILES string of the molecule is CC[C@H](C)[C@H](NC(=O)OCC1c2ccccc2-c2ccccc21)C(=O)N(C)OC. The van der Waals surface area contributed by atoms with E-state index in [2.05, 4.69) is 29.6 Å². The van der Waals surface area contributed by atoms with Gasteiger partial charge in [0.15, 0.2) is 0 Å². The third-order valence-corrected chi connectivity index (χ3v) is 5.68. The van der Waals surface area contributed by atoms with Crippen LogP contribution in [0.15, 0.2) is 48.5 Å². The number of nitrogens with zero attached hydrogens (tertiary/aromatic N) is 1. The Balaban J connectivity index is 1.71. The Hall–Kier alpha value is -2.86. The summed E-state index contributed by atoms with van der Waals surface area (Å²) in [5.74, 6) is -0.386. The number of ether oxygens (including phenoxy) is 1. The Labute approximate surface area is 171 Å². The zero-order chi connectivity index (χ0) is 21.0. The van der Waals surface area contributed by atoms with Gasteiger partial charge in [0.2, 0.25) is 0 Å². The largest absolute Gasteiger partial charge is 0.449 e. The summed E-state index contributed by atoms with van der Waals surface area (Å²) in [7, 11) is 2.94. The van der Waals surface area contributed by atoms with E-state index < -0.39 is 12.1 Å². The molecule has 6 heteroatoms. The van der Waals surface area contributed by atoms with Crippen LogP contribution in [0.3, 0.4) is 0 Å². The van der Waals surface area contributed by atoms with Crippen LogP contribution in [-0.2, 0) is 14.4 Å². The van der Waals surface area contributed by atoms with E-state index in [0.29, 0.717) is 0 Å². The fourth-order valence-electron chi connectivity index (χ4n) is 3.74. The van der Waals surface area contributed by atoms with Crippen molar-refractivity contribution >= 4 is 12.0 Å². The number of likely N-dealkylation sites (N-methyl/N-ethyl adjacent to an activating group) is 1. The summed E-state index contributed by atoms with van der Waals surface area (Å²) in [5, 5.41) is 3.85. The van der Waals surface area contributed by atoms with E-state index in [1.165, 1.54) is 25.3 Å². The van der Waals surface area contributed by atoms with Crippen molar-refractivity contribution in [2.45, 2.75) is 32.2 Å². The van der Waals surface area contributed by atoms with Crippen molar-refractivity contribution in [2.75, 3.05) is 20.8 Å². The summed E-state index contributed by atoms with van der Waals surface area (Å²) < 4.78 is 5.57. The van der Waals surface area contributed by atoms with Crippen molar-refractivity contribution in [1.82, 2.24) is 10.4 Å². The first-order valence-electron chi connectivity index (χ1n) is 9.91. The molecular weight excluding hydrogens is 368 g/mol. The van der Waals surface area contributed by atoms with Gasteiger partial charge in [-0.25, -0.2) is 9.86 Å². The van der Waals surface area contributed by atoms with Gasteiger partial charge in [-0.2, -0.15) is 0 Å². The van der Waals surface area contributed by atoms with Crippen molar-refractivity contribution in [2.24, 2.45) is 5.92 Å². The second-order valence-electron chi connectivity index (χ2n) is 7.35. The Morgan fingerprint density at radius 3 is 2.14 bits per heavy atom. The monoisotopic (exact) mass is 396 g/mol. The molecule has 0 bridgehead atoms. The predicted molar refractivity (Wildman–Crippen MR) is 111 cm³/mol. The molecule has 6 nitrogen and oxygen atoms in total. The van der Waals surface area contributed by atoms with Gasteiger partial charge in [-0.3, -0.25) is 9.63 Å². The van der Waals surface area contributed by atoms with Crippen molar-refractivity contribution in [3.63, 3.8) is 0 Å². The summed E-state index contributed by atoms with van der Waals surface area (Å²) in [6.07, 6.45) is 0.132. The van der Waals surface area contributed by atoms with Crippen molar-refractivity contribution in [3.05, 3.63) is 59.7 Å². The van der Waals surface area contributed by atoms with Crippen LogP contribution in [0, 0.1) is 5.92 Å². The highest BCUT2D eigenvalue weighted by molar-refractivity contribution is 5.85. The molecule has 0 aliphatic heterocycles. The predicted octanol–water partition coefficient (Wildman–Crippen LogP) is 3.96. The van der Waals surface area contributed by atoms with Crippen LogP contribution in [0.25, 0.3) is 11.1 Å². The molecule has 0 aromatic heterocycles. The number of hydrogen-bond acceptors (Lipinski definition) is 4. The van der Waals surface area contributed by atoms with Crippen LogP contribution in [-0.4, -0.2) is 43.9 Å². The Morgan fingerprint density at radius 2 is 1.62 bits per heavy atom. The number of rotatable bonds is 7. The molecule has 0 spiro atoms. The quantitative estimate of drug-likeness (QED) is 0.720. The Bertz CT molecular complexity index is 837. The molecule has 2 atom stereocenters. The molecule has 1 aliphatic rings. The highest BCUT2D eigenvalue weighted by atomic mass is 16.7. The van der Waals surface area contributed by atoms with Gasteiger partial charge in [0.1, 0.15) is 12.6 Å². The van der Waals surface area contributed by atoms with Gasteiger partial charge in [-0.05, 0) is 28.2 Å². The normalized spacial score (nSPS) is 14.5. The zero-order valence-corrected chi connectivity index (χ0v) is 17.3. The van der Waals surface area contributed by atoms with Gasteiger partial charge in [0.25, 0.3) is 5.91 Å². The van der Waals surface area contributed by atoms with Gasteiger partial charge < -0.3 is 10.1 Å². The third kappa shape index (κ3) is 4.27. The van der Waals surface area contributed by atoms with Gasteiger partial charge in [-0.15, -0.1) is 0 Å². The first-order valence-corrected chi connectivity index (χ1v) is 9.91. The summed E-state index contributed by atoms with van der Waals surface area (Å²) in [5.41, 5.74) is 4.64. The molecule has 2 aromatic rings. The average Bonchev–Trinajstić information content (AvgIpc) is 3.08. The minimum absolute atomic E-state index is 0.0208. The summed E-state index contributed by atoms with van der Waals surface area (Å²) in [6, 6.07) is 15.6. The molecule has 0 saturated carbocycles. The fraction of sp³-hybridized carbons (Fsp3) is 0.391. The van der Waals surface area contributed by atoms with Crippen molar-refractivity contribution in [3.8, 4) is 11.1 Å². The maximum atomic E-state index is 12.5. The zero-order valence-electron chi connectivity index (χ0n) is 17.3. The van der Waals surface area contributed by atoms with Crippen LogP contribution < -0.4 is 5.32 Å². The van der Waals surface area contributed by atoms with E-state index >= 15 is 0 Å². The lowest BCUT2D eigenvalue weighted by atomic mass is 9.98. The maximum absolute atomic E-state index is 12.5.